The number of hydrogen-bond acceptors (Lipinski definition) is 6. The SMILES string of the molecule is Cc1nsnc1CSCC(=O)Nc1c(C)nn(C(C)C)c1C. The van der Waals surface area contributed by atoms with Crippen LogP contribution in [0.5, 0.6) is 0 Å². The summed E-state index contributed by atoms with van der Waals surface area (Å²) >= 11 is 2.75. The molecule has 0 bridgehead atoms. The van der Waals surface area contributed by atoms with Crippen molar-refractivity contribution >= 4 is 35.1 Å². The summed E-state index contributed by atoms with van der Waals surface area (Å²) in [4.78, 5) is 12.1. The predicted octanol–water partition coefficient (Wildman–Crippen LogP) is 3.11. The van der Waals surface area contributed by atoms with Crippen LogP contribution in [0.15, 0.2) is 0 Å². The second kappa shape index (κ2) is 7.23. The molecule has 0 saturated heterocycles. The minimum atomic E-state index is -0.0136. The van der Waals surface area contributed by atoms with Crippen molar-refractivity contribution < 1.29 is 4.79 Å². The lowest BCUT2D eigenvalue weighted by atomic mass is 10.3. The zero-order chi connectivity index (χ0) is 16.3. The van der Waals surface area contributed by atoms with E-state index in [1.165, 1.54) is 11.7 Å². The first-order chi connectivity index (χ1) is 10.4. The zero-order valence-corrected chi connectivity index (χ0v) is 15.1. The zero-order valence-electron chi connectivity index (χ0n) is 13.5. The molecule has 0 aromatic carbocycles. The van der Waals surface area contributed by atoms with Crippen LogP contribution in [0.2, 0.25) is 0 Å². The first-order valence-corrected chi connectivity index (χ1v) is 9.00. The number of thioether (sulfide) groups is 1. The minimum absolute atomic E-state index is 0.0136. The van der Waals surface area contributed by atoms with E-state index in [1.807, 2.05) is 25.5 Å². The van der Waals surface area contributed by atoms with Crippen molar-refractivity contribution in [2.45, 2.75) is 46.4 Å². The van der Waals surface area contributed by atoms with Gasteiger partial charge in [0.1, 0.15) is 0 Å². The molecule has 2 heterocycles. The van der Waals surface area contributed by atoms with Gasteiger partial charge in [0.2, 0.25) is 5.91 Å². The van der Waals surface area contributed by atoms with Crippen LogP contribution in [-0.4, -0.2) is 30.2 Å². The molecule has 2 rings (SSSR count). The molecule has 0 saturated carbocycles. The van der Waals surface area contributed by atoms with E-state index in [9.17, 15) is 4.79 Å². The fourth-order valence-corrected chi connectivity index (χ4v) is 3.62. The van der Waals surface area contributed by atoms with E-state index in [1.54, 1.807) is 11.8 Å². The molecule has 2 aromatic heterocycles. The number of hydrogen-bond donors (Lipinski definition) is 1. The van der Waals surface area contributed by atoms with Crippen molar-refractivity contribution in [3.8, 4) is 0 Å². The van der Waals surface area contributed by atoms with Gasteiger partial charge in [-0.15, -0.1) is 11.8 Å². The predicted molar refractivity (Wildman–Crippen MR) is 91.5 cm³/mol. The second-order valence-electron chi connectivity index (χ2n) is 5.42. The normalized spacial score (nSPS) is 11.2. The summed E-state index contributed by atoms with van der Waals surface area (Å²) in [5.41, 5.74) is 4.57. The molecule has 8 heteroatoms. The average Bonchev–Trinajstić information content (AvgIpc) is 2.97. The van der Waals surface area contributed by atoms with E-state index < -0.39 is 0 Å². The summed E-state index contributed by atoms with van der Waals surface area (Å²) in [6, 6.07) is 0.277. The van der Waals surface area contributed by atoms with Gasteiger partial charge in [-0.3, -0.25) is 9.48 Å². The van der Waals surface area contributed by atoms with Gasteiger partial charge < -0.3 is 5.32 Å². The van der Waals surface area contributed by atoms with E-state index in [4.69, 9.17) is 0 Å². The summed E-state index contributed by atoms with van der Waals surface area (Å²) in [5.74, 6) is 1.09. The number of aromatic nitrogens is 4. The fourth-order valence-electron chi connectivity index (χ4n) is 2.14. The Balaban J connectivity index is 1.91. The molecule has 0 radical (unpaired) electrons. The molecule has 0 aliphatic rings. The van der Waals surface area contributed by atoms with Crippen LogP contribution in [0.3, 0.4) is 0 Å². The standard InChI is InChI=1S/C14H21N5OS2/c1-8(2)19-11(5)14(10(4)16-19)15-13(20)7-21-6-12-9(3)17-22-18-12/h8H,6-7H2,1-5H3,(H,15,20). The number of nitrogens with one attached hydrogen (secondary N) is 1. The van der Waals surface area contributed by atoms with Crippen LogP contribution in [0.4, 0.5) is 5.69 Å². The van der Waals surface area contributed by atoms with Crippen LogP contribution in [0, 0.1) is 20.8 Å². The average molecular weight is 339 g/mol. The van der Waals surface area contributed by atoms with Gasteiger partial charge in [-0.2, -0.15) is 13.8 Å². The first kappa shape index (κ1) is 17.0. The molecule has 0 atom stereocenters. The van der Waals surface area contributed by atoms with Crippen molar-refractivity contribution in [1.82, 2.24) is 18.5 Å². The summed E-state index contributed by atoms with van der Waals surface area (Å²) in [6.45, 7) is 9.98. The Morgan fingerprint density at radius 2 is 2.00 bits per heavy atom. The third kappa shape index (κ3) is 3.86. The van der Waals surface area contributed by atoms with Crippen LogP contribution in [0.25, 0.3) is 0 Å². The third-order valence-electron chi connectivity index (χ3n) is 3.30. The lowest BCUT2D eigenvalue weighted by Gasteiger charge is -2.09. The molecule has 2 aromatic rings. The smallest absolute Gasteiger partial charge is 0.234 e. The maximum absolute atomic E-state index is 12.1. The van der Waals surface area contributed by atoms with Crippen LogP contribution >= 0.6 is 23.5 Å². The highest BCUT2D eigenvalue weighted by Gasteiger charge is 2.15. The highest BCUT2D eigenvalue weighted by Crippen LogP contribution is 2.23. The van der Waals surface area contributed by atoms with Crippen molar-refractivity contribution in [3.63, 3.8) is 0 Å². The molecule has 0 aliphatic carbocycles. The lowest BCUT2D eigenvalue weighted by molar-refractivity contribution is -0.113. The second-order valence-corrected chi connectivity index (χ2v) is 6.94. The Morgan fingerprint density at radius 3 is 2.55 bits per heavy atom. The molecule has 0 aliphatic heterocycles. The van der Waals surface area contributed by atoms with E-state index in [2.05, 4.69) is 33.0 Å². The molecular formula is C14H21N5OS2. The maximum Gasteiger partial charge on any atom is 0.234 e. The Bertz CT molecular complexity index is 662. The lowest BCUT2D eigenvalue weighted by Crippen LogP contribution is -2.15. The minimum Gasteiger partial charge on any atom is -0.322 e. The van der Waals surface area contributed by atoms with Crippen LogP contribution < -0.4 is 5.32 Å². The van der Waals surface area contributed by atoms with E-state index in [0.717, 1.165) is 28.5 Å². The van der Waals surface area contributed by atoms with Crippen LogP contribution in [0.1, 0.15) is 42.7 Å². The summed E-state index contributed by atoms with van der Waals surface area (Å²) in [5, 5.41) is 7.45. The molecule has 120 valence electrons. The number of anilines is 1. The number of aryl methyl sites for hydroxylation is 2. The van der Waals surface area contributed by atoms with Gasteiger partial charge >= 0.3 is 0 Å². The molecule has 22 heavy (non-hydrogen) atoms. The van der Waals surface area contributed by atoms with Gasteiger partial charge in [-0.05, 0) is 34.6 Å². The third-order valence-corrected chi connectivity index (χ3v) is 4.90. The topological polar surface area (TPSA) is 72.7 Å². The molecule has 0 unspecified atom stereocenters. The number of carbonyl (C=O) groups excluding carboxylic acids is 1. The van der Waals surface area contributed by atoms with E-state index in [-0.39, 0.29) is 11.9 Å². The highest BCUT2D eigenvalue weighted by molar-refractivity contribution is 7.99. The van der Waals surface area contributed by atoms with Crippen molar-refractivity contribution in [2.24, 2.45) is 0 Å². The Kier molecular flexibility index (Phi) is 5.57. The maximum atomic E-state index is 12.1. The van der Waals surface area contributed by atoms with Gasteiger partial charge in [0.25, 0.3) is 0 Å². The fraction of sp³-hybridized carbons (Fsp3) is 0.571. The molecule has 6 nitrogen and oxygen atoms in total. The molecule has 0 fully saturated rings. The van der Waals surface area contributed by atoms with Crippen molar-refractivity contribution in [3.05, 3.63) is 22.8 Å². The molecular weight excluding hydrogens is 318 g/mol. The molecule has 0 spiro atoms. The Hall–Kier alpha value is -1.41. The molecule has 1 amide bonds. The van der Waals surface area contributed by atoms with E-state index >= 15 is 0 Å². The number of amides is 1. The van der Waals surface area contributed by atoms with Gasteiger partial charge in [0.15, 0.2) is 0 Å². The van der Waals surface area contributed by atoms with Gasteiger partial charge in [0, 0.05) is 11.8 Å². The first-order valence-electron chi connectivity index (χ1n) is 7.11. The summed E-state index contributed by atoms with van der Waals surface area (Å²) in [7, 11) is 0. The van der Waals surface area contributed by atoms with Crippen molar-refractivity contribution in [1.29, 1.82) is 0 Å². The van der Waals surface area contributed by atoms with Gasteiger partial charge in [0.05, 0.1) is 45.9 Å². The highest BCUT2D eigenvalue weighted by atomic mass is 32.2. The number of nitrogens with zero attached hydrogens (tertiary/aromatic N) is 4. The van der Waals surface area contributed by atoms with Crippen molar-refractivity contribution in [2.75, 3.05) is 11.1 Å². The number of carbonyl (C=O) groups is 1. The number of rotatable bonds is 6. The van der Waals surface area contributed by atoms with Gasteiger partial charge in [-0.25, -0.2) is 0 Å². The Morgan fingerprint density at radius 1 is 1.27 bits per heavy atom. The Labute approximate surface area is 139 Å². The quantitative estimate of drug-likeness (QED) is 0.875. The van der Waals surface area contributed by atoms with Gasteiger partial charge in [-0.1, -0.05) is 0 Å². The summed E-state index contributed by atoms with van der Waals surface area (Å²) in [6.07, 6.45) is 0. The summed E-state index contributed by atoms with van der Waals surface area (Å²) < 4.78 is 10.3. The molecule has 1 N–H and O–H groups in total. The van der Waals surface area contributed by atoms with Crippen LogP contribution in [-0.2, 0) is 10.5 Å². The van der Waals surface area contributed by atoms with E-state index in [0.29, 0.717) is 11.5 Å². The largest absolute Gasteiger partial charge is 0.322 e. The monoisotopic (exact) mass is 339 g/mol.